The van der Waals surface area contributed by atoms with Gasteiger partial charge in [-0.1, -0.05) is 28.4 Å². The summed E-state index contributed by atoms with van der Waals surface area (Å²) in [7, 11) is 0. The average molecular weight is 246 g/mol. The van der Waals surface area contributed by atoms with E-state index in [1.807, 2.05) is 6.92 Å². The molecule has 0 fully saturated rings. The van der Waals surface area contributed by atoms with Crippen LogP contribution in [0.4, 0.5) is 0 Å². The zero-order chi connectivity index (χ0) is 8.97. The summed E-state index contributed by atoms with van der Waals surface area (Å²) in [5, 5.41) is 4.17. The lowest BCUT2D eigenvalue weighted by molar-refractivity contribution is 1.12. The SMILES string of the molecule is CCC(=Cc1csc(C)n1)CBr. The van der Waals surface area contributed by atoms with Crippen molar-refractivity contribution in [1.29, 1.82) is 0 Å². The first-order chi connectivity index (χ1) is 5.76. The lowest BCUT2D eigenvalue weighted by atomic mass is 10.2. The summed E-state index contributed by atoms with van der Waals surface area (Å²) in [6.45, 7) is 4.19. The van der Waals surface area contributed by atoms with E-state index in [-0.39, 0.29) is 0 Å². The number of aromatic nitrogens is 1. The van der Waals surface area contributed by atoms with Crippen molar-refractivity contribution in [3.05, 3.63) is 21.7 Å². The molecule has 0 N–H and O–H groups in total. The summed E-state index contributed by atoms with van der Waals surface area (Å²) in [6.07, 6.45) is 3.24. The molecule has 0 aliphatic heterocycles. The number of thiazole rings is 1. The van der Waals surface area contributed by atoms with Crippen molar-refractivity contribution in [3.8, 4) is 0 Å². The Balaban J connectivity index is 2.78. The molecular formula is C9H12BrNS. The number of halogens is 1. The van der Waals surface area contributed by atoms with Crippen LogP contribution in [0, 0.1) is 6.92 Å². The molecule has 1 aromatic rings. The highest BCUT2D eigenvalue weighted by Gasteiger charge is 1.96. The number of alkyl halides is 1. The van der Waals surface area contributed by atoms with Crippen LogP contribution in [0.5, 0.6) is 0 Å². The number of allylic oxidation sites excluding steroid dienone is 1. The maximum absolute atomic E-state index is 4.37. The monoisotopic (exact) mass is 245 g/mol. The Labute approximate surface area is 85.7 Å². The van der Waals surface area contributed by atoms with E-state index in [1.54, 1.807) is 11.3 Å². The van der Waals surface area contributed by atoms with Crippen LogP contribution >= 0.6 is 27.3 Å². The quantitative estimate of drug-likeness (QED) is 0.742. The van der Waals surface area contributed by atoms with Gasteiger partial charge >= 0.3 is 0 Å². The largest absolute Gasteiger partial charge is 0.242 e. The van der Waals surface area contributed by atoms with Crippen molar-refractivity contribution < 1.29 is 0 Å². The number of hydrogen-bond acceptors (Lipinski definition) is 2. The topological polar surface area (TPSA) is 12.9 Å². The highest BCUT2D eigenvalue weighted by molar-refractivity contribution is 9.09. The maximum Gasteiger partial charge on any atom is 0.0901 e. The Morgan fingerprint density at radius 1 is 1.75 bits per heavy atom. The van der Waals surface area contributed by atoms with E-state index in [0.29, 0.717) is 0 Å². The third-order valence-electron chi connectivity index (χ3n) is 1.61. The van der Waals surface area contributed by atoms with Gasteiger partial charge in [-0.3, -0.25) is 0 Å². The second-order valence-corrected chi connectivity index (χ2v) is 4.20. The van der Waals surface area contributed by atoms with Gasteiger partial charge in [-0.05, 0) is 19.4 Å². The van der Waals surface area contributed by atoms with Gasteiger partial charge in [0, 0.05) is 10.7 Å². The molecule has 0 aromatic carbocycles. The molecule has 0 aliphatic carbocycles. The molecule has 0 atom stereocenters. The Hall–Kier alpha value is -0.150. The number of nitrogens with zero attached hydrogens (tertiary/aromatic N) is 1. The van der Waals surface area contributed by atoms with Gasteiger partial charge in [-0.25, -0.2) is 4.98 Å². The van der Waals surface area contributed by atoms with E-state index in [9.17, 15) is 0 Å². The van der Waals surface area contributed by atoms with E-state index in [4.69, 9.17) is 0 Å². The normalized spacial score (nSPS) is 12.1. The van der Waals surface area contributed by atoms with Gasteiger partial charge in [0.05, 0.1) is 10.7 Å². The van der Waals surface area contributed by atoms with Gasteiger partial charge in [0.15, 0.2) is 0 Å². The van der Waals surface area contributed by atoms with E-state index >= 15 is 0 Å². The molecule has 0 saturated heterocycles. The number of rotatable bonds is 3. The minimum absolute atomic E-state index is 0.945. The molecule has 1 nitrogen and oxygen atoms in total. The second-order valence-electron chi connectivity index (χ2n) is 2.58. The molecule has 1 rings (SSSR count). The zero-order valence-corrected chi connectivity index (χ0v) is 9.70. The fourth-order valence-corrected chi connectivity index (χ4v) is 2.02. The van der Waals surface area contributed by atoms with Crippen LogP contribution in [0.2, 0.25) is 0 Å². The maximum atomic E-state index is 4.37. The van der Waals surface area contributed by atoms with Crippen LogP contribution in [-0.2, 0) is 0 Å². The van der Waals surface area contributed by atoms with E-state index in [1.165, 1.54) is 5.57 Å². The molecule has 12 heavy (non-hydrogen) atoms. The van der Waals surface area contributed by atoms with Crippen LogP contribution in [0.15, 0.2) is 11.0 Å². The standard InChI is InChI=1S/C9H12BrNS/c1-3-8(5-10)4-9-6-12-7(2)11-9/h4,6H,3,5H2,1-2H3. The zero-order valence-electron chi connectivity index (χ0n) is 7.30. The highest BCUT2D eigenvalue weighted by Crippen LogP contribution is 2.14. The van der Waals surface area contributed by atoms with Gasteiger partial charge in [0.2, 0.25) is 0 Å². The molecule has 0 unspecified atom stereocenters. The predicted molar refractivity (Wildman–Crippen MR) is 58.9 cm³/mol. The molecule has 0 bridgehead atoms. The van der Waals surface area contributed by atoms with Crippen molar-refractivity contribution >= 4 is 33.3 Å². The Bertz CT molecular complexity index is 272. The molecule has 0 spiro atoms. The summed E-state index contributed by atoms with van der Waals surface area (Å²) >= 11 is 5.14. The van der Waals surface area contributed by atoms with Crippen LogP contribution < -0.4 is 0 Å². The third kappa shape index (κ3) is 2.72. The number of hydrogen-bond donors (Lipinski definition) is 0. The molecule has 3 heteroatoms. The average Bonchev–Trinajstić information content (AvgIpc) is 2.47. The lowest BCUT2D eigenvalue weighted by Crippen LogP contribution is -1.82. The smallest absolute Gasteiger partial charge is 0.0901 e. The van der Waals surface area contributed by atoms with Gasteiger partial charge in [0.25, 0.3) is 0 Å². The molecule has 0 amide bonds. The molecule has 0 aliphatic rings. The fourth-order valence-electron chi connectivity index (χ4n) is 0.891. The summed E-state index contributed by atoms with van der Waals surface area (Å²) < 4.78 is 0. The molecule has 0 saturated carbocycles. The highest BCUT2D eigenvalue weighted by atomic mass is 79.9. The second kappa shape index (κ2) is 4.77. The lowest BCUT2D eigenvalue weighted by Gasteiger charge is -1.95. The Morgan fingerprint density at radius 2 is 2.50 bits per heavy atom. The van der Waals surface area contributed by atoms with Gasteiger partial charge in [0.1, 0.15) is 0 Å². The first-order valence-electron chi connectivity index (χ1n) is 3.93. The summed E-state index contributed by atoms with van der Waals surface area (Å²) in [5.74, 6) is 0. The van der Waals surface area contributed by atoms with Crippen molar-refractivity contribution in [3.63, 3.8) is 0 Å². The van der Waals surface area contributed by atoms with Crippen LogP contribution in [0.1, 0.15) is 24.0 Å². The van der Waals surface area contributed by atoms with E-state index in [2.05, 4.69) is 39.3 Å². The fraction of sp³-hybridized carbons (Fsp3) is 0.444. The summed E-state index contributed by atoms with van der Waals surface area (Å²) in [4.78, 5) is 4.37. The Morgan fingerprint density at radius 3 is 2.92 bits per heavy atom. The number of aryl methyl sites for hydroxylation is 1. The van der Waals surface area contributed by atoms with Gasteiger partial charge < -0.3 is 0 Å². The van der Waals surface area contributed by atoms with Crippen molar-refractivity contribution in [1.82, 2.24) is 4.98 Å². The minimum atomic E-state index is 0.945. The molecule has 1 aromatic heterocycles. The van der Waals surface area contributed by atoms with Crippen molar-refractivity contribution in [2.75, 3.05) is 5.33 Å². The summed E-state index contributed by atoms with van der Waals surface area (Å²) in [6, 6.07) is 0. The first kappa shape index (κ1) is 9.93. The van der Waals surface area contributed by atoms with Crippen LogP contribution in [-0.4, -0.2) is 10.3 Å². The van der Waals surface area contributed by atoms with Crippen molar-refractivity contribution in [2.45, 2.75) is 20.3 Å². The summed E-state index contributed by atoms with van der Waals surface area (Å²) in [5.41, 5.74) is 2.48. The van der Waals surface area contributed by atoms with Crippen LogP contribution in [0.3, 0.4) is 0 Å². The van der Waals surface area contributed by atoms with E-state index in [0.717, 1.165) is 22.5 Å². The van der Waals surface area contributed by atoms with Gasteiger partial charge in [-0.2, -0.15) is 0 Å². The molecule has 66 valence electrons. The van der Waals surface area contributed by atoms with Crippen molar-refractivity contribution in [2.24, 2.45) is 0 Å². The van der Waals surface area contributed by atoms with Gasteiger partial charge in [-0.15, -0.1) is 11.3 Å². The third-order valence-corrected chi connectivity index (χ3v) is 3.13. The molecular weight excluding hydrogens is 234 g/mol. The molecule has 0 radical (unpaired) electrons. The minimum Gasteiger partial charge on any atom is -0.242 e. The predicted octanol–water partition coefficient (Wildman–Crippen LogP) is 3.64. The molecule has 1 heterocycles. The van der Waals surface area contributed by atoms with Crippen LogP contribution in [0.25, 0.3) is 6.08 Å². The van der Waals surface area contributed by atoms with E-state index < -0.39 is 0 Å². The first-order valence-corrected chi connectivity index (χ1v) is 5.94. The Kier molecular flexibility index (Phi) is 3.95.